The zero-order valence-electron chi connectivity index (χ0n) is 9.71. The summed E-state index contributed by atoms with van der Waals surface area (Å²) in [5.41, 5.74) is 6.87. The average molecular weight is 267 g/mol. The molecule has 0 radical (unpaired) electrons. The van der Waals surface area contributed by atoms with E-state index >= 15 is 0 Å². The van der Waals surface area contributed by atoms with Gasteiger partial charge in [0.1, 0.15) is 11.6 Å². The van der Waals surface area contributed by atoms with E-state index in [2.05, 4.69) is 5.32 Å². The molecule has 2 rings (SSSR count). The molecule has 18 heavy (non-hydrogen) atoms. The fourth-order valence-corrected chi connectivity index (χ4v) is 1.79. The van der Waals surface area contributed by atoms with Crippen LogP contribution in [0.25, 0.3) is 0 Å². The van der Waals surface area contributed by atoms with Gasteiger partial charge >= 0.3 is 0 Å². The number of nitrogen functional groups attached to an aromatic ring is 1. The Balaban J connectivity index is 2.26. The molecule has 5 heteroatoms. The van der Waals surface area contributed by atoms with E-state index in [9.17, 15) is 4.39 Å². The van der Waals surface area contributed by atoms with E-state index in [1.807, 2.05) is 0 Å². The Morgan fingerprint density at radius 1 is 1.22 bits per heavy atom. The lowest BCUT2D eigenvalue weighted by molar-refractivity contribution is 0.415. The molecule has 2 aromatic carbocycles. The summed E-state index contributed by atoms with van der Waals surface area (Å²) in [6, 6.07) is 9.57. The SMILES string of the molecule is COc1ccc(Nc2ccc(N)cc2F)cc1Cl. The second kappa shape index (κ2) is 5.14. The summed E-state index contributed by atoms with van der Waals surface area (Å²) < 4.78 is 18.6. The first-order chi connectivity index (χ1) is 8.60. The van der Waals surface area contributed by atoms with Crippen LogP contribution in [0.4, 0.5) is 21.5 Å². The summed E-state index contributed by atoms with van der Waals surface area (Å²) in [6.45, 7) is 0. The second-order valence-electron chi connectivity index (χ2n) is 3.71. The molecule has 0 aliphatic heterocycles. The molecule has 0 spiro atoms. The number of hydrogen-bond donors (Lipinski definition) is 2. The van der Waals surface area contributed by atoms with Crippen LogP contribution >= 0.6 is 11.6 Å². The number of nitrogens with one attached hydrogen (secondary N) is 1. The van der Waals surface area contributed by atoms with Gasteiger partial charge in [0, 0.05) is 11.4 Å². The second-order valence-corrected chi connectivity index (χ2v) is 4.12. The van der Waals surface area contributed by atoms with Crippen LogP contribution in [0.5, 0.6) is 5.75 Å². The molecule has 3 N–H and O–H groups in total. The smallest absolute Gasteiger partial charge is 0.148 e. The fraction of sp³-hybridized carbons (Fsp3) is 0.0769. The number of hydrogen-bond acceptors (Lipinski definition) is 3. The predicted molar refractivity (Wildman–Crippen MR) is 72.1 cm³/mol. The average Bonchev–Trinajstić information content (AvgIpc) is 2.33. The number of methoxy groups -OCH3 is 1. The minimum Gasteiger partial charge on any atom is -0.495 e. The van der Waals surface area contributed by atoms with Crippen LogP contribution in [0.3, 0.4) is 0 Å². The molecule has 0 atom stereocenters. The number of nitrogens with two attached hydrogens (primary N) is 1. The standard InChI is InChI=1S/C13H12ClFN2O/c1-18-13-5-3-9(7-10(13)14)17-12-4-2-8(16)6-11(12)15/h2-7,17H,16H2,1H3. The van der Waals surface area contributed by atoms with Crippen molar-refractivity contribution in [2.45, 2.75) is 0 Å². The molecule has 0 bridgehead atoms. The van der Waals surface area contributed by atoms with E-state index in [0.29, 0.717) is 27.8 Å². The Bertz CT molecular complexity index is 575. The van der Waals surface area contributed by atoms with Crippen molar-refractivity contribution in [2.24, 2.45) is 0 Å². The highest BCUT2D eigenvalue weighted by Gasteiger charge is 2.05. The number of rotatable bonds is 3. The maximum atomic E-state index is 13.6. The first kappa shape index (κ1) is 12.5. The summed E-state index contributed by atoms with van der Waals surface area (Å²) >= 11 is 5.98. The van der Waals surface area contributed by atoms with Crippen molar-refractivity contribution < 1.29 is 9.13 Å². The van der Waals surface area contributed by atoms with E-state index in [-0.39, 0.29) is 0 Å². The number of anilines is 3. The third-order valence-electron chi connectivity index (χ3n) is 2.42. The third-order valence-corrected chi connectivity index (χ3v) is 2.72. The zero-order chi connectivity index (χ0) is 13.1. The van der Waals surface area contributed by atoms with Crippen LogP contribution in [0, 0.1) is 5.82 Å². The maximum absolute atomic E-state index is 13.6. The zero-order valence-corrected chi connectivity index (χ0v) is 10.5. The number of halogens is 2. The van der Waals surface area contributed by atoms with E-state index in [1.54, 1.807) is 30.3 Å². The first-order valence-corrected chi connectivity index (χ1v) is 5.63. The van der Waals surface area contributed by atoms with Crippen molar-refractivity contribution >= 4 is 28.7 Å². The van der Waals surface area contributed by atoms with Crippen molar-refractivity contribution in [3.63, 3.8) is 0 Å². The Hall–Kier alpha value is -1.94. The highest BCUT2D eigenvalue weighted by molar-refractivity contribution is 6.32. The summed E-state index contributed by atoms with van der Waals surface area (Å²) in [6.07, 6.45) is 0. The van der Waals surface area contributed by atoms with Gasteiger partial charge in [-0.25, -0.2) is 4.39 Å². The van der Waals surface area contributed by atoms with Crippen molar-refractivity contribution in [3.05, 3.63) is 47.2 Å². The van der Waals surface area contributed by atoms with Gasteiger partial charge in [-0.1, -0.05) is 11.6 Å². The van der Waals surface area contributed by atoms with Gasteiger partial charge in [0.05, 0.1) is 17.8 Å². The van der Waals surface area contributed by atoms with E-state index in [4.69, 9.17) is 22.1 Å². The number of benzene rings is 2. The molecule has 0 heterocycles. The molecular formula is C13H12ClFN2O. The first-order valence-electron chi connectivity index (χ1n) is 5.26. The molecule has 0 amide bonds. The molecule has 0 unspecified atom stereocenters. The molecule has 0 aliphatic carbocycles. The van der Waals surface area contributed by atoms with Crippen LogP contribution in [-0.2, 0) is 0 Å². The van der Waals surface area contributed by atoms with Crippen LogP contribution in [0.1, 0.15) is 0 Å². The molecule has 94 valence electrons. The maximum Gasteiger partial charge on any atom is 0.148 e. The molecular weight excluding hydrogens is 255 g/mol. The Labute approximate surface area is 109 Å². The molecule has 0 fully saturated rings. The molecule has 0 saturated heterocycles. The van der Waals surface area contributed by atoms with E-state index < -0.39 is 5.82 Å². The molecule has 0 aromatic heterocycles. The summed E-state index contributed by atoms with van der Waals surface area (Å²) in [4.78, 5) is 0. The minimum atomic E-state index is -0.415. The molecule has 0 aliphatic rings. The Kier molecular flexibility index (Phi) is 3.58. The van der Waals surface area contributed by atoms with Crippen molar-refractivity contribution in [1.29, 1.82) is 0 Å². The van der Waals surface area contributed by atoms with Gasteiger partial charge in [0.15, 0.2) is 0 Å². The van der Waals surface area contributed by atoms with E-state index in [1.165, 1.54) is 13.2 Å². The summed E-state index contributed by atoms with van der Waals surface area (Å²) in [7, 11) is 1.54. The number of ether oxygens (including phenoxy) is 1. The molecule has 0 saturated carbocycles. The van der Waals surface area contributed by atoms with Crippen LogP contribution in [-0.4, -0.2) is 7.11 Å². The third kappa shape index (κ3) is 2.65. The predicted octanol–water partition coefficient (Wildman–Crippen LogP) is 3.81. The topological polar surface area (TPSA) is 47.3 Å². The fourth-order valence-electron chi connectivity index (χ4n) is 1.53. The lowest BCUT2D eigenvalue weighted by atomic mass is 10.2. The lowest BCUT2D eigenvalue weighted by Crippen LogP contribution is -1.96. The highest BCUT2D eigenvalue weighted by Crippen LogP contribution is 2.29. The van der Waals surface area contributed by atoms with Crippen molar-refractivity contribution in [1.82, 2.24) is 0 Å². The largest absolute Gasteiger partial charge is 0.495 e. The quantitative estimate of drug-likeness (QED) is 0.831. The normalized spacial score (nSPS) is 10.2. The van der Waals surface area contributed by atoms with Gasteiger partial charge in [0.25, 0.3) is 0 Å². The monoisotopic (exact) mass is 266 g/mol. The van der Waals surface area contributed by atoms with Gasteiger partial charge in [-0.3, -0.25) is 0 Å². The van der Waals surface area contributed by atoms with Crippen molar-refractivity contribution in [2.75, 3.05) is 18.2 Å². The lowest BCUT2D eigenvalue weighted by Gasteiger charge is -2.10. The minimum absolute atomic E-state index is 0.338. The highest BCUT2D eigenvalue weighted by atomic mass is 35.5. The molecule has 2 aromatic rings. The van der Waals surface area contributed by atoms with Gasteiger partial charge < -0.3 is 15.8 Å². The Morgan fingerprint density at radius 2 is 2.00 bits per heavy atom. The van der Waals surface area contributed by atoms with Crippen LogP contribution in [0.15, 0.2) is 36.4 Å². The van der Waals surface area contributed by atoms with Gasteiger partial charge in [-0.15, -0.1) is 0 Å². The van der Waals surface area contributed by atoms with Crippen LogP contribution in [0.2, 0.25) is 5.02 Å². The van der Waals surface area contributed by atoms with E-state index in [0.717, 1.165) is 0 Å². The van der Waals surface area contributed by atoms with Gasteiger partial charge in [0.2, 0.25) is 0 Å². The molecule has 3 nitrogen and oxygen atoms in total. The van der Waals surface area contributed by atoms with Crippen LogP contribution < -0.4 is 15.8 Å². The Morgan fingerprint density at radius 3 is 2.61 bits per heavy atom. The van der Waals surface area contributed by atoms with Gasteiger partial charge in [-0.05, 0) is 36.4 Å². The van der Waals surface area contributed by atoms with Crippen molar-refractivity contribution in [3.8, 4) is 5.75 Å². The van der Waals surface area contributed by atoms with Gasteiger partial charge in [-0.2, -0.15) is 0 Å². The summed E-state index contributed by atoms with van der Waals surface area (Å²) in [5.74, 6) is 0.155. The summed E-state index contributed by atoms with van der Waals surface area (Å²) in [5, 5.41) is 3.38.